The van der Waals surface area contributed by atoms with Crippen molar-refractivity contribution >= 4 is 5.69 Å². The van der Waals surface area contributed by atoms with E-state index >= 15 is 0 Å². The number of nitrogens with one attached hydrogen (secondary N) is 1. The Morgan fingerprint density at radius 3 is 2.35 bits per heavy atom. The zero-order valence-corrected chi connectivity index (χ0v) is 10.7. The van der Waals surface area contributed by atoms with Gasteiger partial charge in [0.25, 0.3) is 0 Å². The minimum Gasteiger partial charge on any atom is -0.467 e. The molecular weight excluding hydrogens is 210 g/mol. The maximum atomic E-state index is 5.39. The predicted octanol–water partition coefficient (Wildman–Crippen LogP) is 4.32. The van der Waals surface area contributed by atoms with Gasteiger partial charge in [0.05, 0.1) is 12.8 Å². The van der Waals surface area contributed by atoms with Crippen molar-refractivity contribution in [1.82, 2.24) is 0 Å². The Labute approximate surface area is 103 Å². The highest BCUT2D eigenvalue weighted by Gasteiger charge is 2.02. The van der Waals surface area contributed by atoms with Gasteiger partial charge in [-0.3, -0.25) is 0 Å². The highest BCUT2D eigenvalue weighted by atomic mass is 16.3. The zero-order chi connectivity index (χ0) is 12.3. The van der Waals surface area contributed by atoms with Gasteiger partial charge in [0.2, 0.25) is 0 Å². The molecule has 2 heteroatoms. The highest BCUT2D eigenvalue weighted by Crippen LogP contribution is 2.18. The molecule has 0 aliphatic carbocycles. The Morgan fingerprint density at radius 1 is 1.12 bits per heavy atom. The van der Waals surface area contributed by atoms with Gasteiger partial charge < -0.3 is 9.73 Å². The Bertz CT molecular complexity index is 468. The van der Waals surface area contributed by atoms with E-state index in [2.05, 4.69) is 50.4 Å². The molecule has 17 heavy (non-hydrogen) atoms. The minimum absolute atomic E-state index is 0.580. The van der Waals surface area contributed by atoms with Crippen molar-refractivity contribution in [2.75, 3.05) is 5.32 Å². The zero-order valence-electron chi connectivity index (χ0n) is 10.7. The Hall–Kier alpha value is -1.70. The Kier molecular flexibility index (Phi) is 3.52. The molecule has 0 saturated carbocycles. The monoisotopic (exact) mass is 229 g/mol. The molecule has 0 fully saturated rings. The summed E-state index contributed by atoms with van der Waals surface area (Å²) in [6.07, 6.45) is 1.73. The van der Waals surface area contributed by atoms with Gasteiger partial charge >= 0.3 is 0 Å². The smallest absolute Gasteiger partial charge is 0.125 e. The number of benzene rings is 1. The normalized spacial score (nSPS) is 10.8. The van der Waals surface area contributed by atoms with E-state index in [4.69, 9.17) is 4.42 Å². The van der Waals surface area contributed by atoms with Gasteiger partial charge in [-0.25, -0.2) is 0 Å². The maximum absolute atomic E-state index is 5.39. The van der Waals surface area contributed by atoms with Gasteiger partial charge in [-0.05, 0) is 42.2 Å². The van der Waals surface area contributed by atoms with E-state index in [1.54, 1.807) is 6.26 Å². The molecule has 0 saturated heterocycles. The second kappa shape index (κ2) is 5.09. The van der Waals surface area contributed by atoms with Crippen LogP contribution in [0.2, 0.25) is 0 Å². The van der Waals surface area contributed by atoms with Crippen LogP contribution in [0.4, 0.5) is 5.69 Å². The first kappa shape index (κ1) is 11.8. The van der Waals surface area contributed by atoms with E-state index in [1.165, 1.54) is 11.1 Å². The van der Waals surface area contributed by atoms with Crippen LogP contribution in [-0.4, -0.2) is 0 Å². The van der Waals surface area contributed by atoms with Crippen LogP contribution in [0.3, 0.4) is 0 Å². The van der Waals surface area contributed by atoms with Crippen molar-refractivity contribution in [1.29, 1.82) is 0 Å². The molecule has 2 nitrogen and oxygen atoms in total. The lowest BCUT2D eigenvalue weighted by molar-refractivity contribution is 0.515. The third kappa shape index (κ3) is 2.90. The molecule has 1 N–H and O–H groups in total. The van der Waals surface area contributed by atoms with Gasteiger partial charge in [0, 0.05) is 5.69 Å². The van der Waals surface area contributed by atoms with Crippen molar-refractivity contribution < 1.29 is 4.42 Å². The number of aryl methyl sites for hydroxylation is 1. The average Bonchev–Trinajstić information content (AvgIpc) is 2.73. The van der Waals surface area contributed by atoms with Crippen LogP contribution >= 0.6 is 0 Å². The molecule has 90 valence electrons. The molecule has 2 rings (SSSR count). The van der Waals surface area contributed by atoms with Crippen LogP contribution in [0.25, 0.3) is 0 Å². The van der Waals surface area contributed by atoms with Crippen LogP contribution < -0.4 is 5.32 Å². The lowest BCUT2D eigenvalue weighted by Crippen LogP contribution is -1.99. The lowest BCUT2D eigenvalue weighted by atomic mass is 10.0. The number of hydrogen-bond donors (Lipinski definition) is 1. The van der Waals surface area contributed by atoms with Gasteiger partial charge in [-0.2, -0.15) is 0 Å². The standard InChI is InChI=1S/C15H19NO/c1-11(2)13-4-6-14(7-5-13)16-10-15-12(3)8-9-17-15/h4-9,11,16H,10H2,1-3H3. The van der Waals surface area contributed by atoms with E-state index in [0.717, 1.165) is 18.0 Å². The molecule has 0 aliphatic rings. The summed E-state index contributed by atoms with van der Waals surface area (Å²) >= 11 is 0. The number of anilines is 1. The summed E-state index contributed by atoms with van der Waals surface area (Å²) in [5, 5.41) is 3.36. The SMILES string of the molecule is Cc1ccoc1CNc1ccc(C(C)C)cc1. The largest absolute Gasteiger partial charge is 0.467 e. The van der Waals surface area contributed by atoms with Crippen molar-refractivity contribution in [2.45, 2.75) is 33.2 Å². The summed E-state index contributed by atoms with van der Waals surface area (Å²) in [5.41, 5.74) is 3.69. The second-order valence-electron chi connectivity index (χ2n) is 4.66. The number of rotatable bonds is 4. The second-order valence-corrected chi connectivity index (χ2v) is 4.66. The van der Waals surface area contributed by atoms with Crippen LogP contribution in [0.1, 0.15) is 36.7 Å². The molecule has 0 radical (unpaired) electrons. The predicted molar refractivity (Wildman–Crippen MR) is 71.3 cm³/mol. The van der Waals surface area contributed by atoms with Crippen molar-refractivity contribution in [3.05, 3.63) is 53.5 Å². The Balaban J connectivity index is 1.98. The molecule has 1 aromatic heterocycles. The van der Waals surface area contributed by atoms with Crippen molar-refractivity contribution in [3.8, 4) is 0 Å². The van der Waals surface area contributed by atoms with E-state index in [-0.39, 0.29) is 0 Å². The summed E-state index contributed by atoms with van der Waals surface area (Å²) in [4.78, 5) is 0. The minimum atomic E-state index is 0.580. The van der Waals surface area contributed by atoms with Gasteiger partial charge in [0.15, 0.2) is 0 Å². The number of hydrogen-bond acceptors (Lipinski definition) is 2. The third-order valence-electron chi connectivity index (χ3n) is 3.00. The maximum Gasteiger partial charge on any atom is 0.125 e. The van der Waals surface area contributed by atoms with E-state index in [9.17, 15) is 0 Å². The molecule has 0 unspecified atom stereocenters. The van der Waals surface area contributed by atoms with Gasteiger partial charge in [-0.1, -0.05) is 26.0 Å². The molecule has 0 bridgehead atoms. The molecule has 2 aromatic rings. The molecule has 0 aliphatic heterocycles. The molecule has 0 atom stereocenters. The van der Waals surface area contributed by atoms with Crippen LogP contribution in [0.5, 0.6) is 0 Å². The summed E-state index contributed by atoms with van der Waals surface area (Å²) in [7, 11) is 0. The molecular formula is C15H19NO. The first-order valence-electron chi connectivity index (χ1n) is 6.03. The summed E-state index contributed by atoms with van der Waals surface area (Å²) in [6, 6.07) is 10.6. The van der Waals surface area contributed by atoms with E-state index < -0.39 is 0 Å². The first-order valence-corrected chi connectivity index (χ1v) is 6.03. The lowest BCUT2D eigenvalue weighted by Gasteiger charge is -2.08. The van der Waals surface area contributed by atoms with E-state index in [0.29, 0.717) is 5.92 Å². The Morgan fingerprint density at radius 2 is 1.82 bits per heavy atom. The van der Waals surface area contributed by atoms with Crippen LogP contribution in [-0.2, 0) is 6.54 Å². The molecule has 1 heterocycles. The highest BCUT2D eigenvalue weighted by molar-refractivity contribution is 5.45. The van der Waals surface area contributed by atoms with Gasteiger partial charge in [0.1, 0.15) is 5.76 Å². The van der Waals surface area contributed by atoms with Gasteiger partial charge in [-0.15, -0.1) is 0 Å². The van der Waals surface area contributed by atoms with Crippen molar-refractivity contribution in [3.63, 3.8) is 0 Å². The summed E-state index contributed by atoms with van der Waals surface area (Å²) in [6.45, 7) is 7.20. The summed E-state index contributed by atoms with van der Waals surface area (Å²) < 4.78 is 5.39. The fourth-order valence-corrected chi connectivity index (χ4v) is 1.75. The van der Waals surface area contributed by atoms with Crippen LogP contribution in [0, 0.1) is 6.92 Å². The van der Waals surface area contributed by atoms with E-state index in [1.807, 2.05) is 6.07 Å². The van der Waals surface area contributed by atoms with Crippen molar-refractivity contribution in [2.24, 2.45) is 0 Å². The average molecular weight is 229 g/mol. The van der Waals surface area contributed by atoms with Crippen LogP contribution in [0.15, 0.2) is 41.0 Å². The fourth-order valence-electron chi connectivity index (χ4n) is 1.75. The molecule has 0 spiro atoms. The third-order valence-corrected chi connectivity index (χ3v) is 3.00. The molecule has 0 amide bonds. The first-order chi connectivity index (χ1) is 8.16. The topological polar surface area (TPSA) is 25.2 Å². The fraction of sp³-hybridized carbons (Fsp3) is 0.333. The summed E-state index contributed by atoms with van der Waals surface area (Å²) in [5.74, 6) is 1.58. The molecule has 1 aromatic carbocycles. The number of furan rings is 1. The quantitative estimate of drug-likeness (QED) is 0.844.